The van der Waals surface area contributed by atoms with E-state index in [1.165, 1.54) is 6.92 Å². The number of hydrogen-bond donors (Lipinski definition) is 5. The summed E-state index contributed by atoms with van der Waals surface area (Å²) >= 11 is 0. The maximum Gasteiger partial charge on any atom is 0.305 e. The van der Waals surface area contributed by atoms with Crippen LogP contribution in [0.2, 0.25) is 0 Å². The van der Waals surface area contributed by atoms with E-state index in [0.717, 1.165) is 0 Å². The molecule has 0 bridgehead atoms. The van der Waals surface area contributed by atoms with Crippen LogP contribution in [0.5, 0.6) is 0 Å². The number of aliphatic carboxylic acids is 1. The third-order valence-electron chi connectivity index (χ3n) is 2.60. The van der Waals surface area contributed by atoms with Gasteiger partial charge in [0.2, 0.25) is 0 Å². The molecule has 1 fully saturated rings. The number of β-amino-alcohol motifs (C(OH)–C–C–N with tert-alkyl or cyclic N) is 1. The summed E-state index contributed by atoms with van der Waals surface area (Å²) in [5.74, 6) is -0.868. The van der Waals surface area contributed by atoms with Gasteiger partial charge in [-0.2, -0.15) is 0 Å². The van der Waals surface area contributed by atoms with E-state index < -0.39 is 17.1 Å². The molecule has 1 aliphatic rings. The van der Waals surface area contributed by atoms with Crippen molar-refractivity contribution in [2.45, 2.75) is 24.5 Å². The van der Waals surface area contributed by atoms with E-state index in [2.05, 4.69) is 10.6 Å². The van der Waals surface area contributed by atoms with Crippen LogP contribution in [0.4, 0.5) is 0 Å². The van der Waals surface area contributed by atoms with Crippen LogP contribution in [-0.2, 0) is 4.79 Å². The van der Waals surface area contributed by atoms with Crippen LogP contribution in [-0.4, -0.2) is 58.7 Å². The lowest BCUT2D eigenvalue weighted by molar-refractivity contribution is -0.139. The highest BCUT2D eigenvalue weighted by Crippen LogP contribution is 2.17. The number of carboxylic acids is 1. The van der Waals surface area contributed by atoms with E-state index in [1.807, 2.05) is 0 Å². The summed E-state index contributed by atoms with van der Waals surface area (Å²) in [6, 6.07) is 0. The van der Waals surface area contributed by atoms with Crippen LogP contribution >= 0.6 is 0 Å². The molecule has 15 heavy (non-hydrogen) atoms. The fourth-order valence-corrected chi connectivity index (χ4v) is 1.46. The molecule has 0 saturated carbocycles. The van der Waals surface area contributed by atoms with Crippen LogP contribution in [0.1, 0.15) is 13.3 Å². The highest BCUT2D eigenvalue weighted by molar-refractivity contribution is 5.68. The molecule has 1 saturated heterocycles. The van der Waals surface area contributed by atoms with Crippen molar-refractivity contribution in [3.63, 3.8) is 0 Å². The Morgan fingerprint density at radius 3 is 2.53 bits per heavy atom. The van der Waals surface area contributed by atoms with Crippen LogP contribution in [0, 0.1) is 0 Å². The highest BCUT2D eigenvalue weighted by Gasteiger charge is 2.39. The third-order valence-corrected chi connectivity index (χ3v) is 2.60. The Morgan fingerprint density at radius 1 is 1.60 bits per heavy atom. The summed E-state index contributed by atoms with van der Waals surface area (Å²) in [4.78, 5) is 10.6. The molecule has 1 atom stereocenters. The Hall–Kier alpha value is -0.690. The molecular formula is C9H18N2O4. The number of nitrogens with one attached hydrogen (secondary N) is 2. The summed E-state index contributed by atoms with van der Waals surface area (Å²) in [6.07, 6.45) is 0.0154. The van der Waals surface area contributed by atoms with Crippen molar-refractivity contribution in [3.05, 3.63) is 0 Å². The molecule has 0 amide bonds. The van der Waals surface area contributed by atoms with E-state index in [1.54, 1.807) is 0 Å². The molecule has 0 aromatic heterocycles. The van der Waals surface area contributed by atoms with Gasteiger partial charge in [-0.05, 0) is 6.92 Å². The van der Waals surface area contributed by atoms with E-state index in [9.17, 15) is 9.90 Å². The van der Waals surface area contributed by atoms with Crippen LogP contribution < -0.4 is 10.6 Å². The highest BCUT2D eigenvalue weighted by atomic mass is 16.4. The number of hydrogen-bond acceptors (Lipinski definition) is 5. The fraction of sp³-hybridized carbons (Fsp3) is 0.889. The largest absolute Gasteiger partial charge is 0.481 e. The zero-order valence-electron chi connectivity index (χ0n) is 8.79. The normalized spacial score (nSPS) is 22.9. The van der Waals surface area contributed by atoms with E-state index in [4.69, 9.17) is 10.2 Å². The lowest BCUT2D eigenvalue weighted by Crippen LogP contribution is -2.70. The van der Waals surface area contributed by atoms with Gasteiger partial charge in [-0.15, -0.1) is 0 Å². The smallest absolute Gasteiger partial charge is 0.305 e. The molecule has 6 nitrogen and oxygen atoms in total. The molecule has 1 rings (SSSR count). The first-order chi connectivity index (χ1) is 6.89. The SMILES string of the molecule is CC(O)(CO)CNC1(CC(=O)O)CNC1. The topological polar surface area (TPSA) is 102 Å². The van der Waals surface area contributed by atoms with Gasteiger partial charge < -0.3 is 26.0 Å². The molecule has 88 valence electrons. The Morgan fingerprint density at radius 2 is 2.20 bits per heavy atom. The van der Waals surface area contributed by atoms with Crippen molar-refractivity contribution >= 4 is 5.97 Å². The van der Waals surface area contributed by atoms with Crippen molar-refractivity contribution in [1.29, 1.82) is 0 Å². The molecule has 1 aliphatic heterocycles. The molecule has 5 N–H and O–H groups in total. The van der Waals surface area contributed by atoms with Crippen molar-refractivity contribution < 1.29 is 20.1 Å². The summed E-state index contributed by atoms with van der Waals surface area (Å²) < 4.78 is 0. The number of aliphatic hydroxyl groups excluding tert-OH is 1. The average Bonchev–Trinajstić information content (AvgIpc) is 2.09. The number of carboxylic acid groups (broad SMARTS) is 1. The monoisotopic (exact) mass is 218 g/mol. The summed E-state index contributed by atoms with van der Waals surface area (Å²) in [5.41, 5.74) is -1.69. The van der Waals surface area contributed by atoms with Gasteiger partial charge in [0.1, 0.15) is 0 Å². The van der Waals surface area contributed by atoms with Crippen molar-refractivity contribution in [3.8, 4) is 0 Å². The van der Waals surface area contributed by atoms with Gasteiger partial charge in [-0.1, -0.05) is 0 Å². The van der Waals surface area contributed by atoms with Crippen LogP contribution in [0.15, 0.2) is 0 Å². The van der Waals surface area contributed by atoms with Gasteiger partial charge in [0.25, 0.3) is 0 Å². The van der Waals surface area contributed by atoms with E-state index in [-0.39, 0.29) is 19.6 Å². The van der Waals surface area contributed by atoms with Gasteiger partial charge in [0.05, 0.1) is 24.2 Å². The second-order valence-corrected chi connectivity index (χ2v) is 4.46. The van der Waals surface area contributed by atoms with Gasteiger partial charge in [-0.3, -0.25) is 4.79 Å². The molecule has 0 aromatic rings. The Balaban J connectivity index is 2.43. The maximum atomic E-state index is 10.6. The quantitative estimate of drug-likeness (QED) is 0.358. The first-order valence-electron chi connectivity index (χ1n) is 4.90. The Labute approximate surface area is 88.3 Å². The second-order valence-electron chi connectivity index (χ2n) is 4.46. The first kappa shape index (κ1) is 12.4. The van der Waals surface area contributed by atoms with Crippen molar-refractivity contribution in [2.75, 3.05) is 26.2 Å². The van der Waals surface area contributed by atoms with Crippen molar-refractivity contribution in [2.24, 2.45) is 0 Å². The molecule has 0 aliphatic carbocycles. The zero-order chi connectivity index (χ0) is 11.5. The number of rotatable bonds is 6. The third kappa shape index (κ3) is 3.42. The molecular weight excluding hydrogens is 200 g/mol. The van der Waals surface area contributed by atoms with Crippen LogP contribution in [0.3, 0.4) is 0 Å². The predicted octanol–water partition coefficient (Wildman–Crippen LogP) is -1.86. The minimum absolute atomic E-state index is 0.0154. The number of carbonyl (C=O) groups is 1. The van der Waals surface area contributed by atoms with E-state index >= 15 is 0 Å². The molecule has 1 heterocycles. The molecule has 1 unspecified atom stereocenters. The van der Waals surface area contributed by atoms with Gasteiger partial charge in [0.15, 0.2) is 0 Å². The summed E-state index contributed by atoms with van der Waals surface area (Å²) in [7, 11) is 0. The average molecular weight is 218 g/mol. The Kier molecular flexibility index (Phi) is 3.67. The maximum absolute atomic E-state index is 10.6. The van der Waals surface area contributed by atoms with Gasteiger partial charge in [-0.25, -0.2) is 0 Å². The first-order valence-corrected chi connectivity index (χ1v) is 4.90. The standard InChI is InChI=1S/C9H18N2O4/c1-8(15,6-12)3-11-9(2-7(13)14)4-10-5-9/h10-12,15H,2-6H2,1H3,(H,13,14). The minimum atomic E-state index is -1.21. The lowest BCUT2D eigenvalue weighted by atomic mass is 9.87. The summed E-state index contributed by atoms with van der Waals surface area (Å²) in [6.45, 7) is 2.47. The molecule has 0 spiro atoms. The minimum Gasteiger partial charge on any atom is -0.481 e. The Bertz CT molecular complexity index is 238. The molecule has 0 aromatic carbocycles. The molecule has 6 heteroatoms. The predicted molar refractivity (Wildman–Crippen MR) is 53.6 cm³/mol. The van der Waals surface area contributed by atoms with Crippen molar-refractivity contribution in [1.82, 2.24) is 10.6 Å². The van der Waals surface area contributed by atoms with Gasteiger partial charge in [0, 0.05) is 19.6 Å². The zero-order valence-corrected chi connectivity index (χ0v) is 8.79. The van der Waals surface area contributed by atoms with E-state index in [0.29, 0.717) is 13.1 Å². The fourth-order valence-electron chi connectivity index (χ4n) is 1.46. The molecule has 0 radical (unpaired) electrons. The summed E-state index contributed by atoms with van der Waals surface area (Å²) in [5, 5.41) is 33.1. The van der Waals surface area contributed by atoms with Gasteiger partial charge >= 0.3 is 5.97 Å². The van der Waals surface area contributed by atoms with Crippen LogP contribution in [0.25, 0.3) is 0 Å². The lowest BCUT2D eigenvalue weighted by Gasteiger charge is -2.44. The number of aliphatic hydroxyl groups is 2. The second kappa shape index (κ2) is 4.44.